The zero-order chi connectivity index (χ0) is 15.9. The Kier molecular flexibility index (Phi) is 6.03. The van der Waals surface area contributed by atoms with Crippen LogP contribution in [-0.4, -0.2) is 31.2 Å². The lowest BCUT2D eigenvalue weighted by Crippen LogP contribution is -2.36. The predicted octanol–water partition coefficient (Wildman–Crippen LogP) is 4.03. The molecule has 1 aromatic heterocycles. The molecule has 0 bridgehead atoms. The lowest BCUT2D eigenvalue weighted by Gasteiger charge is -2.21. The molecule has 1 N–H and O–H groups in total. The van der Waals surface area contributed by atoms with E-state index in [1.807, 2.05) is 43.3 Å². The number of nitrogens with zero attached hydrogens (tertiary/aromatic N) is 1. The first-order valence-electron chi connectivity index (χ1n) is 6.94. The molecule has 118 valence electrons. The Bertz CT molecular complexity index is 610. The van der Waals surface area contributed by atoms with Crippen molar-refractivity contribution >= 4 is 27.6 Å². The number of amides is 2. The maximum absolute atomic E-state index is 12.4. The van der Waals surface area contributed by atoms with Crippen LogP contribution in [-0.2, 0) is 11.3 Å². The van der Waals surface area contributed by atoms with Crippen LogP contribution in [0.2, 0.25) is 0 Å². The van der Waals surface area contributed by atoms with Crippen molar-refractivity contribution in [1.82, 2.24) is 4.90 Å². The first-order chi connectivity index (χ1) is 10.6. The number of hydrogen-bond acceptors (Lipinski definition) is 3. The molecular weight excluding hydrogens is 348 g/mol. The van der Waals surface area contributed by atoms with Gasteiger partial charge in [-0.1, -0.05) is 15.9 Å². The molecule has 6 heteroatoms. The third-order valence-electron chi connectivity index (χ3n) is 3.09. The number of anilines is 1. The summed E-state index contributed by atoms with van der Waals surface area (Å²) >= 11 is 3.37. The van der Waals surface area contributed by atoms with Gasteiger partial charge in [0.25, 0.3) is 0 Å². The fourth-order valence-corrected chi connectivity index (χ4v) is 2.21. The SMILES string of the molecule is COCCN(Cc1ccc(C)o1)C(=O)Nc1ccc(Br)cc1. The number of furan rings is 1. The van der Waals surface area contributed by atoms with Gasteiger partial charge in [-0.25, -0.2) is 4.79 Å². The molecule has 22 heavy (non-hydrogen) atoms. The topological polar surface area (TPSA) is 54.7 Å². The van der Waals surface area contributed by atoms with E-state index < -0.39 is 0 Å². The number of rotatable bonds is 6. The van der Waals surface area contributed by atoms with Crippen LogP contribution in [0.15, 0.2) is 45.3 Å². The van der Waals surface area contributed by atoms with Crippen molar-refractivity contribution < 1.29 is 13.9 Å². The fraction of sp³-hybridized carbons (Fsp3) is 0.312. The molecule has 2 amide bonds. The van der Waals surface area contributed by atoms with Crippen LogP contribution < -0.4 is 5.32 Å². The number of ether oxygens (including phenoxy) is 1. The summed E-state index contributed by atoms with van der Waals surface area (Å²) in [6, 6.07) is 11.0. The molecule has 1 aromatic carbocycles. The van der Waals surface area contributed by atoms with Crippen LogP contribution in [0.25, 0.3) is 0 Å². The van der Waals surface area contributed by atoms with Gasteiger partial charge in [0.1, 0.15) is 11.5 Å². The van der Waals surface area contributed by atoms with Crippen LogP contribution in [0.4, 0.5) is 10.5 Å². The van der Waals surface area contributed by atoms with Gasteiger partial charge in [0.05, 0.1) is 13.2 Å². The molecule has 0 aliphatic carbocycles. The molecule has 0 radical (unpaired) electrons. The van der Waals surface area contributed by atoms with E-state index in [2.05, 4.69) is 21.2 Å². The minimum absolute atomic E-state index is 0.187. The summed E-state index contributed by atoms with van der Waals surface area (Å²) in [4.78, 5) is 14.1. The van der Waals surface area contributed by atoms with Crippen molar-refractivity contribution in [2.75, 3.05) is 25.6 Å². The van der Waals surface area contributed by atoms with E-state index in [1.165, 1.54) is 0 Å². The number of methoxy groups -OCH3 is 1. The van der Waals surface area contributed by atoms with E-state index >= 15 is 0 Å². The van der Waals surface area contributed by atoms with Crippen LogP contribution in [0.1, 0.15) is 11.5 Å². The summed E-state index contributed by atoms with van der Waals surface area (Å²) in [5, 5.41) is 2.87. The zero-order valence-electron chi connectivity index (χ0n) is 12.6. The van der Waals surface area contributed by atoms with Gasteiger partial charge in [-0.2, -0.15) is 0 Å². The fourth-order valence-electron chi connectivity index (χ4n) is 1.95. The number of hydrogen-bond donors (Lipinski definition) is 1. The summed E-state index contributed by atoms with van der Waals surface area (Å²) in [5.74, 6) is 1.58. The number of urea groups is 1. The largest absolute Gasteiger partial charge is 0.464 e. The summed E-state index contributed by atoms with van der Waals surface area (Å²) < 4.78 is 11.6. The number of carbonyl (C=O) groups excluding carboxylic acids is 1. The van der Waals surface area contributed by atoms with Crippen molar-refractivity contribution in [3.8, 4) is 0 Å². The number of halogens is 1. The van der Waals surface area contributed by atoms with Crippen molar-refractivity contribution in [2.24, 2.45) is 0 Å². The highest BCUT2D eigenvalue weighted by Gasteiger charge is 2.15. The molecule has 0 saturated carbocycles. The van der Waals surface area contributed by atoms with Gasteiger partial charge in [0.2, 0.25) is 0 Å². The van der Waals surface area contributed by atoms with Crippen LogP contribution in [0.3, 0.4) is 0 Å². The maximum atomic E-state index is 12.4. The third-order valence-corrected chi connectivity index (χ3v) is 3.62. The monoisotopic (exact) mass is 366 g/mol. The Morgan fingerprint density at radius 3 is 2.59 bits per heavy atom. The molecule has 0 spiro atoms. The molecule has 0 unspecified atom stereocenters. The second-order valence-electron chi connectivity index (χ2n) is 4.86. The number of carbonyl (C=O) groups is 1. The second-order valence-corrected chi connectivity index (χ2v) is 5.78. The number of nitrogens with one attached hydrogen (secondary N) is 1. The Morgan fingerprint density at radius 1 is 1.27 bits per heavy atom. The molecule has 5 nitrogen and oxygen atoms in total. The highest BCUT2D eigenvalue weighted by Crippen LogP contribution is 2.15. The second kappa shape index (κ2) is 8.00. The minimum Gasteiger partial charge on any atom is -0.464 e. The quantitative estimate of drug-likeness (QED) is 0.839. The van der Waals surface area contributed by atoms with Gasteiger partial charge in [-0.3, -0.25) is 0 Å². The van der Waals surface area contributed by atoms with E-state index in [9.17, 15) is 4.79 Å². The van der Waals surface area contributed by atoms with Gasteiger partial charge in [0.15, 0.2) is 0 Å². The Labute approximate surface area is 138 Å². The van der Waals surface area contributed by atoms with E-state index in [0.717, 1.165) is 21.7 Å². The lowest BCUT2D eigenvalue weighted by atomic mass is 10.3. The highest BCUT2D eigenvalue weighted by molar-refractivity contribution is 9.10. The standard InChI is InChI=1S/C16H19BrN2O3/c1-12-3-8-15(22-12)11-19(9-10-21-2)16(20)18-14-6-4-13(17)5-7-14/h3-8H,9-11H2,1-2H3,(H,18,20). The van der Waals surface area contributed by atoms with Crippen LogP contribution >= 0.6 is 15.9 Å². The van der Waals surface area contributed by atoms with Crippen molar-refractivity contribution in [3.63, 3.8) is 0 Å². The Hall–Kier alpha value is -1.79. The summed E-state index contributed by atoms with van der Waals surface area (Å²) in [5.41, 5.74) is 0.742. The molecule has 0 atom stereocenters. The summed E-state index contributed by atoms with van der Waals surface area (Å²) in [7, 11) is 1.61. The number of benzene rings is 1. The Balaban J connectivity index is 2.03. The minimum atomic E-state index is -0.187. The summed E-state index contributed by atoms with van der Waals surface area (Å²) in [6.45, 7) is 3.23. The number of aryl methyl sites for hydroxylation is 1. The molecule has 0 saturated heterocycles. The van der Waals surface area contributed by atoms with E-state index in [-0.39, 0.29) is 6.03 Å². The predicted molar refractivity (Wildman–Crippen MR) is 88.9 cm³/mol. The first-order valence-corrected chi connectivity index (χ1v) is 7.73. The van der Waals surface area contributed by atoms with Gasteiger partial charge in [-0.05, 0) is 43.3 Å². The molecular formula is C16H19BrN2O3. The van der Waals surface area contributed by atoms with Gasteiger partial charge in [-0.15, -0.1) is 0 Å². The van der Waals surface area contributed by atoms with E-state index in [4.69, 9.17) is 9.15 Å². The summed E-state index contributed by atoms with van der Waals surface area (Å²) in [6.07, 6.45) is 0. The molecule has 0 fully saturated rings. The average Bonchev–Trinajstić information content (AvgIpc) is 2.91. The third kappa shape index (κ3) is 4.89. The first kappa shape index (κ1) is 16.6. The van der Waals surface area contributed by atoms with Crippen molar-refractivity contribution in [2.45, 2.75) is 13.5 Å². The smallest absolute Gasteiger partial charge is 0.322 e. The molecule has 1 heterocycles. The molecule has 2 rings (SSSR count). The normalized spacial score (nSPS) is 10.5. The molecule has 0 aliphatic rings. The molecule has 2 aromatic rings. The molecule has 0 aliphatic heterocycles. The zero-order valence-corrected chi connectivity index (χ0v) is 14.2. The van der Waals surface area contributed by atoms with Gasteiger partial charge in [0, 0.05) is 23.8 Å². The van der Waals surface area contributed by atoms with Crippen molar-refractivity contribution in [1.29, 1.82) is 0 Å². The van der Waals surface area contributed by atoms with Crippen molar-refractivity contribution in [3.05, 3.63) is 52.4 Å². The average molecular weight is 367 g/mol. The highest BCUT2D eigenvalue weighted by atomic mass is 79.9. The van der Waals surface area contributed by atoms with Crippen LogP contribution in [0.5, 0.6) is 0 Å². The lowest BCUT2D eigenvalue weighted by molar-refractivity contribution is 0.149. The Morgan fingerprint density at radius 2 is 2.00 bits per heavy atom. The van der Waals surface area contributed by atoms with Crippen LogP contribution in [0, 0.1) is 6.92 Å². The maximum Gasteiger partial charge on any atom is 0.322 e. The van der Waals surface area contributed by atoms with Gasteiger partial charge >= 0.3 is 6.03 Å². The van der Waals surface area contributed by atoms with E-state index in [1.54, 1.807) is 12.0 Å². The van der Waals surface area contributed by atoms with E-state index in [0.29, 0.717) is 19.7 Å². The van der Waals surface area contributed by atoms with Gasteiger partial charge < -0.3 is 19.4 Å².